The van der Waals surface area contributed by atoms with Gasteiger partial charge in [-0.05, 0) is 25.5 Å². The number of carbonyl (C=O) groups excluding carboxylic acids is 1. The van der Waals surface area contributed by atoms with Gasteiger partial charge in [-0.1, -0.05) is 13.8 Å². The molecule has 0 amide bonds. The number of carbonyl (C=O) groups is 1. The van der Waals surface area contributed by atoms with E-state index in [2.05, 4.69) is 13.8 Å². The minimum atomic E-state index is 0.183. The zero-order valence-electron chi connectivity index (χ0n) is 7.18. The van der Waals surface area contributed by atoms with Gasteiger partial charge in [0.25, 0.3) is 0 Å². The van der Waals surface area contributed by atoms with Crippen LogP contribution in [0.25, 0.3) is 0 Å². The van der Waals surface area contributed by atoms with Crippen LogP contribution in [0, 0.1) is 5.92 Å². The molecule has 0 aliphatic rings. The highest BCUT2D eigenvalue weighted by atomic mass is 32.2. The summed E-state index contributed by atoms with van der Waals surface area (Å²) >= 11 is 1.74. The van der Waals surface area contributed by atoms with E-state index in [1.165, 1.54) is 0 Å². The predicted octanol–water partition coefficient (Wildman–Crippen LogP) is 2.35. The Hall–Kier alpha value is 0.0200. The number of Topliss-reactive ketones (excluding diaryl/α,β-unsaturated/α-hetero) is 1. The number of ketones is 1. The van der Waals surface area contributed by atoms with Gasteiger partial charge in [-0.3, -0.25) is 4.79 Å². The van der Waals surface area contributed by atoms with E-state index >= 15 is 0 Å². The molecule has 60 valence electrons. The minimum Gasteiger partial charge on any atom is -0.299 e. The van der Waals surface area contributed by atoms with Crippen LogP contribution in [0.15, 0.2) is 0 Å². The number of hydrogen-bond acceptors (Lipinski definition) is 2. The van der Waals surface area contributed by atoms with Crippen LogP contribution in [0.3, 0.4) is 0 Å². The molecule has 2 heteroatoms. The maximum atomic E-state index is 10.7. The summed E-state index contributed by atoms with van der Waals surface area (Å²) in [6, 6.07) is 0. The molecule has 10 heavy (non-hydrogen) atoms. The van der Waals surface area contributed by atoms with Crippen molar-refractivity contribution in [2.75, 3.05) is 5.75 Å². The summed E-state index contributed by atoms with van der Waals surface area (Å²) < 4.78 is 0. The Balaban J connectivity index is 3.40. The highest BCUT2D eigenvalue weighted by Crippen LogP contribution is 2.14. The molecule has 0 bridgehead atoms. The Bertz CT molecular complexity index is 110. The Morgan fingerprint density at radius 3 is 2.20 bits per heavy atom. The summed E-state index contributed by atoms with van der Waals surface area (Å²) in [6.07, 6.45) is 0. The fraction of sp³-hybridized carbons (Fsp3) is 0.875. The molecular formula is C8H16OS. The number of thioether (sulfide) groups is 1. The van der Waals surface area contributed by atoms with Crippen molar-refractivity contribution < 1.29 is 4.79 Å². The van der Waals surface area contributed by atoms with E-state index in [1.807, 2.05) is 6.92 Å². The van der Waals surface area contributed by atoms with Gasteiger partial charge in [-0.2, -0.15) is 11.8 Å². The smallest absolute Gasteiger partial charge is 0.142 e. The van der Waals surface area contributed by atoms with E-state index in [0.29, 0.717) is 5.92 Å². The Morgan fingerprint density at radius 1 is 1.40 bits per heavy atom. The summed E-state index contributed by atoms with van der Waals surface area (Å²) in [5.41, 5.74) is 0. The Labute approximate surface area is 67.6 Å². The van der Waals surface area contributed by atoms with Gasteiger partial charge in [0.2, 0.25) is 0 Å². The summed E-state index contributed by atoms with van der Waals surface area (Å²) in [4.78, 5) is 10.7. The first-order chi connectivity index (χ1) is 4.54. The van der Waals surface area contributed by atoms with Gasteiger partial charge in [0.1, 0.15) is 5.78 Å². The van der Waals surface area contributed by atoms with E-state index in [-0.39, 0.29) is 11.0 Å². The van der Waals surface area contributed by atoms with Gasteiger partial charge in [-0.25, -0.2) is 0 Å². The monoisotopic (exact) mass is 160 g/mol. The molecule has 0 saturated carbocycles. The highest BCUT2D eigenvalue weighted by molar-refractivity contribution is 8.00. The first-order valence-corrected chi connectivity index (χ1v) is 4.71. The zero-order valence-corrected chi connectivity index (χ0v) is 7.99. The zero-order chi connectivity index (χ0) is 8.15. The van der Waals surface area contributed by atoms with Gasteiger partial charge in [0.15, 0.2) is 0 Å². The van der Waals surface area contributed by atoms with Crippen molar-refractivity contribution in [2.24, 2.45) is 5.92 Å². The van der Waals surface area contributed by atoms with Crippen molar-refractivity contribution in [3.63, 3.8) is 0 Å². The largest absolute Gasteiger partial charge is 0.299 e. The van der Waals surface area contributed by atoms with Crippen LogP contribution >= 0.6 is 11.8 Å². The first-order valence-electron chi connectivity index (χ1n) is 3.66. The van der Waals surface area contributed by atoms with Crippen LogP contribution < -0.4 is 0 Å². The lowest BCUT2D eigenvalue weighted by Crippen LogP contribution is -2.10. The van der Waals surface area contributed by atoms with E-state index in [0.717, 1.165) is 5.75 Å². The van der Waals surface area contributed by atoms with Crippen molar-refractivity contribution in [3.8, 4) is 0 Å². The fourth-order valence-electron chi connectivity index (χ4n) is 0.454. The number of rotatable bonds is 4. The van der Waals surface area contributed by atoms with Crippen molar-refractivity contribution >= 4 is 17.5 Å². The SMILES string of the molecule is CC(=O)C(C)SCC(C)C. The molecule has 0 saturated heterocycles. The third-order valence-electron chi connectivity index (χ3n) is 1.25. The molecule has 1 nitrogen and oxygen atoms in total. The molecule has 0 aromatic heterocycles. The lowest BCUT2D eigenvalue weighted by atomic mass is 10.3. The van der Waals surface area contributed by atoms with Crippen molar-refractivity contribution in [2.45, 2.75) is 32.9 Å². The maximum absolute atomic E-state index is 10.7. The second kappa shape index (κ2) is 4.78. The molecule has 0 aliphatic carbocycles. The first kappa shape index (κ1) is 10.0. The normalized spacial score (nSPS) is 13.7. The van der Waals surface area contributed by atoms with Crippen LogP contribution in [-0.4, -0.2) is 16.8 Å². The average molecular weight is 160 g/mol. The Kier molecular flexibility index (Phi) is 4.79. The molecule has 1 unspecified atom stereocenters. The summed E-state index contributed by atoms with van der Waals surface area (Å²) in [5.74, 6) is 2.05. The molecular weight excluding hydrogens is 144 g/mol. The lowest BCUT2D eigenvalue weighted by molar-refractivity contribution is -0.116. The van der Waals surface area contributed by atoms with Gasteiger partial charge in [-0.15, -0.1) is 0 Å². The molecule has 0 aromatic rings. The van der Waals surface area contributed by atoms with E-state index in [1.54, 1.807) is 18.7 Å². The van der Waals surface area contributed by atoms with Crippen LogP contribution in [-0.2, 0) is 4.79 Å². The Morgan fingerprint density at radius 2 is 1.90 bits per heavy atom. The third kappa shape index (κ3) is 4.86. The van der Waals surface area contributed by atoms with Gasteiger partial charge >= 0.3 is 0 Å². The fourth-order valence-corrected chi connectivity index (χ4v) is 1.36. The second-order valence-corrected chi connectivity index (χ2v) is 4.35. The van der Waals surface area contributed by atoms with Crippen molar-refractivity contribution in [3.05, 3.63) is 0 Å². The summed E-state index contributed by atoms with van der Waals surface area (Å²) in [5, 5.41) is 0.183. The molecule has 0 aliphatic heterocycles. The standard InChI is InChI=1S/C8H16OS/c1-6(2)5-10-8(4)7(3)9/h6,8H,5H2,1-4H3. The average Bonchev–Trinajstić information content (AvgIpc) is 1.82. The topological polar surface area (TPSA) is 17.1 Å². The molecule has 0 spiro atoms. The second-order valence-electron chi connectivity index (χ2n) is 2.98. The summed E-state index contributed by atoms with van der Waals surface area (Å²) in [6.45, 7) is 7.95. The van der Waals surface area contributed by atoms with Crippen molar-refractivity contribution in [1.82, 2.24) is 0 Å². The van der Waals surface area contributed by atoms with Gasteiger partial charge < -0.3 is 0 Å². The van der Waals surface area contributed by atoms with Crippen LogP contribution in [0.1, 0.15) is 27.7 Å². The molecule has 0 fully saturated rings. The molecule has 0 radical (unpaired) electrons. The lowest BCUT2D eigenvalue weighted by Gasteiger charge is -2.08. The van der Waals surface area contributed by atoms with Crippen LogP contribution in [0.2, 0.25) is 0 Å². The van der Waals surface area contributed by atoms with E-state index in [9.17, 15) is 4.79 Å². The van der Waals surface area contributed by atoms with Crippen LogP contribution in [0.4, 0.5) is 0 Å². The van der Waals surface area contributed by atoms with Crippen LogP contribution in [0.5, 0.6) is 0 Å². The predicted molar refractivity (Wildman–Crippen MR) is 47.4 cm³/mol. The molecule has 0 rings (SSSR count). The van der Waals surface area contributed by atoms with E-state index in [4.69, 9.17) is 0 Å². The van der Waals surface area contributed by atoms with Gasteiger partial charge in [0.05, 0.1) is 5.25 Å². The van der Waals surface area contributed by atoms with Crippen molar-refractivity contribution in [1.29, 1.82) is 0 Å². The quantitative estimate of drug-likeness (QED) is 0.628. The highest BCUT2D eigenvalue weighted by Gasteiger charge is 2.07. The number of hydrogen-bond donors (Lipinski definition) is 0. The van der Waals surface area contributed by atoms with E-state index < -0.39 is 0 Å². The molecule has 0 aromatic carbocycles. The summed E-state index contributed by atoms with van der Waals surface area (Å²) in [7, 11) is 0. The molecule has 0 heterocycles. The molecule has 0 N–H and O–H groups in total. The third-order valence-corrected chi connectivity index (χ3v) is 2.94. The van der Waals surface area contributed by atoms with Gasteiger partial charge in [0, 0.05) is 0 Å². The minimum absolute atomic E-state index is 0.183. The maximum Gasteiger partial charge on any atom is 0.142 e. The molecule has 1 atom stereocenters.